The molecule has 4 unspecified atom stereocenters. The lowest BCUT2D eigenvalue weighted by molar-refractivity contribution is -0.146. The van der Waals surface area contributed by atoms with Crippen molar-refractivity contribution >= 4 is 11.9 Å². The quantitative estimate of drug-likeness (QED) is 0.857. The van der Waals surface area contributed by atoms with E-state index in [2.05, 4.69) is 0 Å². The normalized spacial score (nSPS) is 39.5. The molecule has 4 aliphatic rings. The van der Waals surface area contributed by atoms with Gasteiger partial charge in [-0.15, -0.1) is 0 Å². The number of amides is 1. The fraction of sp³-hybridized carbons (Fsp3) is 0.895. The number of fused-ring (bicyclic) bond motifs is 2. The molecule has 2 aliphatic carbocycles. The molecule has 24 heavy (non-hydrogen) atoms. The first-order chi connectivity index (χ1) is 11.6. The van der Waals surface area contributed by atoms with Crippen molar-refractivity contribution in [1.82, 2.24) is 4.90 Å². The molecule has 2 saturated carbocycles. The Labute approximate surface area is 143 Å². The Morgan fingerprint density at radius 3 is 2.42 bits per heavy atom. The fourth-order valence-electron chi connectivity index (χ4n) is 5.80. The van der Waals surface area contributed by atoms with Gasteiger partial charge in [0.1, 0.15) is 0 Å². The summed E-state index contributed by atoms with van der Waals surface area (Å²) in [4.78, 5) is 26.0. The highest BCUT2D eigenvalue weighted by molar-refractivity contribution is 5.76. The number of rotatable bonds is 4. The van der Waals surface area contributed by atoms with Crippen LogP contribution in [0.1, 0.15) is 51.4 Å². The van der Waals surface area contributed by atoms with Gasteiger partial charge in [-0.25, -0.2) is 0 Å². The third kappa shape index (κ3) is 3.07. The lowest BCUT2D eigenvalue weighted by atomic mass is 9.83. The minimum atomic E-state index is -0.729. The van der Waals surface area contributed by atoms with Crippen LogP contribution in [0.25, 0.3) is 0 Å². The highest BCUT2D eigenvalue weighted by atomic mass is 16.5. The topological polar surface area (TPSA) is 66.8 Å². The van der Waals surface area contributed by atoms with E-state index in [4.69, 9.17) is 4.74 Å². The van der Waals surface area contributed by atoms with E-state index in [1.54, 1.807) is 0 Å². The maximum atomic E-state index is 12.6. The zero-order valence-corrected chi connectivity index (χ0v) is 14.4. The van der Waals surface area contributed by atoms with E-state index in [9.17, 15) is 14.7 Å². The Balaban J connectivity index is 1.27. The SMILES string of the molecule is O=C(O)C1CCO[C@H]1C1CCN(C(=O)CC2CC3CCC2C3)CC1. The summed E-state index contributed by atoms with van der Waals surface area (Å²) in [6, 6.07) is 0. The average Bonchev–Trinajstić information content (AvgIpc) is 3.31. The van der Waals surface area contributed by atoms with E-state index >= 15 is 0 Å². The maximum Gasteiger partial charge on any atom is 0.309 e. The number of aliphatic carboxylic acids is 1. The molecule has 5 heteroatoms. The molecular weight excluding hydrogens is 306 g/mol. The van der Waals surface area contributed by atoms with Crippen LogP contribution in [0.2, 0.25) is 0 Å². The molecule has 0 aromatic rings. The first-order valence-corrected chi connectivity index (χ1v) is 9.74. The Kier molecular flexibility index (Phi) is 4.54. The van der Waals surface area contributed by atoms with Crippen LogP contribution < -0.4 is 0 Å². The second-order valence-corrected chi connectivity index (χ2v) is 8.43. The van der Waals surface area contributed by atoms with Gasteiger partial charge in [-0.3, -0.25) is 9.59 Å². The fourth-order valence-corrected chi connectivity index (χ4v) is 5.80. The minimum Gasteiger partial charge on any atom is -0.481 e. The molecule has 4 rings (SSSR count). The van der Waals surface area contributed by atoms with E-state index in [-0.39, 0.29) is 12.0 Å². The average molecular weight is 335 g/mol. The van der Waals surface area contributed by atoms with E-state index in [1.807, 2.05) is 4.90 Å². The van der Waals surface area contributed by atoms with Crippen LogP contribution in [0.15, 0.2) is 0 Å². The van der Waals surface area contributed by atoms with Crippen LogP contribution in [0.3, 0.4) is 0 Å². The Morgan fingerprint density at radius 2 is 1.79 bits per heavy atom. The van der Waals surface area contributed by atoms with Crippen molar-refractivity contribution in [2.24, 2.45) is 29.6 Å². The van der Waals surface area contributed by atoms with Crippen molar-refractivity contribution in [1.29, 1.82) is 0 Å². The predicted octanol–water partition coefficient (Wildman–Crippen LogP) is 2.54. The number of carboxylic acid groups (broad SMARTS) is 1. The van der Waals surface area contributed by atoms with Gasteiger partial charge in [0.15, 0.2) is 0 Å². The predicted molar refractivity (Wildman–Crippen MR) is 88.3 cm³/mol. The summed E-state index contributed by atoms with van der Waals surface area (Å²) in [7, 11) is 0. The van der Waals surface area contributed by atoms with Gasteiger partial charge in [0.2, 0.25) is 5.91 Å². The second-order valence-electron chi connectivity index (χ2n) is 8.43. The molecule has 0 spiro atoms. The standard InChI is InChI=1S/C19H29NO4/c21-17(11-15-10-12-1-2-14(15)9-12)20-6-3-13(4-7-20)18-16(19(22)23)5-8-24-18/h12-16,18H,1-11H2,(H,22,23)/t12?,14?,15?,16?,18-/m0/s1. The molecule has 2 saturated heterocycles. The Morgan fingerprint density at radius 1 is 1.00 bits per heavy atom. The molecule has 134 valence electrons. The number of carbonyl (C=O) groups excluding carboxylic acids is 1. The van der Waals surface area contributed by atoms with E-state index in [0.717, 1.165) is 44.2 Å². The van der Waals surface area contributed by atoms with Crippen LogP contribution in [0, 0.1) is 29.6 Å². The molecule has 0 aromatic heterocycles. The van der Waals surface area contributed by atoms with Crippen LogP contribution >= 0.6 is 0 Å². The lowest BCUT2D eigenvalue weighted by Gasteiger charge is -2.36. The van der Waals surface area contributed by atoms with Gasteiger partial charge in [0, 0.05) is 26.1 Å². The summed E-state index contributed by atoms with van der Waals surface area (Å²) in [5.74, 6) is 1.86. The van der Waals surface area contributed by atoms with Gasteiger partial charge < -0.3 is 14.7 Å². The lowest BCUT2D eigenvalue weighted by Crippen LogP contribution is -2.43. The number of ether oxygens (including phenoxy) is 1. The van der Waals surface area contributed by atoms with Gasteiger partial charge in [0.05, 0.1) is 12.0 Å². The minimum absolute atomic E-state index is 0.148. The number of likely N-dealkylation sites (tertiary alicyclic amines) is 1. The first-order valence-electron chi connectivity index (χ1n) is 9.74. The van der Waals surface area contributed by atoms with Crippen molar-refractivity contribution in [3.05, 3.63) is 0 Å². The number of hydrogen-bond donors (Lipinski definition) is 1. The number of carboxylic acids is 1. The Hall–Kier alpha value is -1.10. The monoisotopic (exact) mass is 335 g/mol. The van der Waals surface area contributed by atoms with E-state index in [1.165, 1.54) is 25.7 Å². The first kappa shape index (κ1) is 16.4. The summed E-state index contributed by atoms with van der Waals surface area (Å²) >= 11 is 0. The van der Waals surface area contributed by atoms with Crippen molar-refractivity contribution in [3.63, 3.8) is 0 Å². The summed E-state index contributed by atoms with van der Waals surface area (Å²) in [6.45, 7) is 2.11. The molecule has 2 bridgehead atoms. The van der Waals surface area contributed by atoms with Crippen LogP contribution in [-0.2, 0) is 14.3 Å². The number of hydrogen-bond acceptors (Lipinski definition) is 3. The van der Waals surface area contributed by atoms with Gasteiger partial charge >= 0.3 is 5.97 Å². The zero-order valence-electron chi connectivity index (χ0n) is 14.4. The summed E-state index contributed by atoms with van der Waals surface area (Å²) in [6.07, 6.45) is 8.33. The number of nitrogens with zero attached hydrogens (tertiary/aromatic N) is 1. The highest BCUT2D eigenvalue weighted by Crippen LogP contribution is 2.49. The van der Waals surface area contributed by atoms with Crippen molar-refractivity contribution < 1.29 is 19.4 Å². The largest absolute Gasteiger partial charge is 0.481 e. The molecule has 4 fully saturated rings. The molecule has 1 amide bonds. The van der Waals surface area contributed by atoms with Crippen molar-refractivity contribution in [3.8, 4) is 0 Å². The molecular formula is C19H29NO4. The third-order valence-corrected chi connectivity index (χ3v) is 7.13. The molecule has 2 heterocycles. The van der Waals surface area contributed by atoms with Crippen LogP contribution in [0.5, 0.6) is 0 Å². The van der Waals surface area contributed by atoms with Gasteiger partial charge in [-0.1, -0.05) is 6.42 Å². The van der Waals surface area contributed by atoms with Gasteiger partial charge in [0.25, 0.3) is 0 Å². The highest BCUT2D eigenvalue weighted by Gasteiger charge is 2.43. The molecule has 2 aliphatic heterocycles. The summed E-state index contributed by atoms with van der Waals surface area (Å²) < 4.78 is 5.72. The van der Waals surface area contributed by atoms with Gasteiger partial charge in [-0.05, 0) is 62.2 Å². The maximum absolute atomic E-state index is 12.6. The molecule has 5 nitrogen and oxygen atoms in total. The Bertz CT molecular complexity index is 500. The number of carbonyl (C=O) groups is 2. The van der Waals surface area contributed by atoms with Crippen LogP contribution in [-0.4, -0.2) is 47.7 Å². The van der Waals surface area contributed by atoms with Crippen LogP contribution in [0.4, 0.5) is 0 Å². The molecule has 0 radical (unpaired) electrons. The smallest absolute Gasteiger partial charge is 0.309 e. The second kappa shape index (κ2) is 6.66. The van der Waals surface area contributed by atoms with Crippen molar-refractivity contribution in [2.45, 2.75) is 57.5 Å². The molecule has 0 aromatic carbocycles. The number of piperidine rings is 1. The molecule has 1 N–H and O–H groups in total. The summed E-state index contributed by atoms with van der Waals surface area (Å²) in [5.41, 5.74) is 0. The zero-order chi connectivity index (χ0) is 16.7. The van der Waals surface area contributed by atoms with E-state index < -0.39 is 5.97 Å². The van der Waals surface area contributed by atoms with Gasteiger partial charge in [-0.2, -0.15) is 0 Å². The molecule has 5 atom stereocenters. The van der Waals surface area contributed by atoms with Crippen molar-refractivity contribution in [2.75, 3.05) is 19.7 Å². The third-order valence-electron chi connectivity index (χ3n) is 7.13. The van der Waals surface area contributed by atoms with E-state index in [0.29, 0.717) is 30.8 Å². The summed E-state index contributed by atoms with van der Waals surface area (Å²) in [5, 5.41) is 9.32.